The maximum atomic E-state index is 11.7. The van der Waals surface area contributed by atoms with Gasteiger partial charge in [-0.2, -0.15) is 5.10 Å². The molecule has 0 atom stereocenters. The monoisotopic (exact) mass is 253 g/mol. The van der Waals surface area contributed by atoms with E-state index >= 15 is 0 Å². The fraction of sp³-hybridized carbons (Fsp3) is 0.667. The first kappa shape index (κ1) is 14.5. The molecule has 0 aromatic carbocycles. The number of nitrogens with zero attached hydrogens (tertiary/aromatic N) is 2. The smallest absolute Gasteiger partial charge is 0.271 e. The summed E-state index contributed by atoms with van der Waals surface area (Å²) in [4.78, 5) is 13.9. The zero-order valence-electron chi connectivity index (χ0n) is 11.4. The van der Waals surface area contributed by atoms with Gasteiger partial charge in [0.2, 0.25) is 0 Å². The van der Waals surface area contributed by atoms with Gasteiger partial charge in [-0.3, -0.25) is 9.89 Å². The normalized spacial score (nSPS) is 11.2. The van der Waals surface area contributed by atoms with Gasteiger partial charge in [-0.25, -0.2) is 0 Å². The van der Waals surface area contributed by atoms with Crippen LogP contribution in [0.15, 0.2) is 6.20 Å². The van der Waals surface area contributed by atoms with Crippen molar-refractivity contribution in [3.05, 3.63) is 11.9 Å². The predicted octanol–water partition coefficient (Wildman–Crippen LogP) is 0.842. The van der Waals surface area contributed by atoms with Gasteiger partial charge in [-0.05, 0) is 40.3 Å². The summed E-state index contributed by atoms with van der Waals surface area (Å²) in [6, 6.07) is 0.560. The second-order valence-electron chi connectivity index (χ2n) is 4.74. The minimum absolute atomic E-state index is 0.192. The van der Waals surface area contributed by atoms with Crippen molar-refractivity contribution in [2.45, 2.75) is 32.7 Å². The summed E-state index contributed by atoms with van der Waals surface area (Å²) in [6.07, 6.45) is 3.46. The van der Waals surface area contributed by atoms with Crippen LogP contribution in [-0.2, 0) is 0 Å². The number of aromatic nitrogens is 2. The van der Waals surface area contributed by atoms with E-state index in [0.29, 0.717) is 24.0 Å². The SMILES string of the molecule is CC(C)N(C)CCCCNC(=O)c1[nH]ncc1N. The zero-order chi connectivity index (χ0) is 13.5. The van der Waals surface area contributed by atoms with E-state index in [-0.39, 0.29) is 5.91 Å². The van der Waals surface area contributed by atoms with E-state index in [4.69, 9.17) is 5.73 Å². The minimum atomic E-state index is -0.192. The zero-order valence-corrected chi connectivity index (χ0v) is 11.4. The molecule has 1 aromatic rings. The molecule has 4 N–H and O–H groups in total. The molecule has 0 unspecified atom stereocenters. The van der Waals surface area contributed by atoms with Crippen LogP contribution < -0.4 is 11.1 Å². The molecule has 6 heteroatoms. The molecule has 0 aliphatic carbocycles. The van der Waals surface area contributed by atoms with Gasteiger partial charge in [-0.1, -0.05) is 0 Å². The van der Waals surface area contributed by atoms with Crippen molar-refractivity contribution in [3.63, 3.8) is 0 Å². The Kier molecular flexibility index (Phi) is 5.64. The van der Waals surface area contributed by atoms with E-state index in [1.807, 2.05) is 0 Å². The quantitative estimate of drug-likeness (QED) is 0.628. The average Bonchev–Trinajstić information content (AvgIpc) is 2.74. The molecule has 0 fully saturated rings. The van der Waals surface area contributed by atoms with Gasteiger partial charge in [0.25, 0.3) is 5.91 Å². The number of hydrogen-bond acceptors (Lipinski definition) is 4. The summed E-state index contributed by atoms with van der Waals surface area (Å²) in [5.41, 5.74) is 6.31. The number of rotatable bonds is 7. The van der Waals surface area contributed by atoms with Crippen LogP contribution in [0.4, 0.5) is 5.69 Å². The lowest BCUT2D eigenvalue weighted by atomic mass is 10.2. The van der Waals surface area contributed by atoms with E-state index in [2.05, 4.69) is 41.3 Å². The number of nitrogens with one attached hydrogen (secondary N) is 2. The molecule has 0 bridgehead atoms. The molecule has 0 aliphatic rings. The Labute approximate surface area is 108 Å². The Hall–Kier alpha value is -1.56. The number of amides is 1. The van der Waals surface area contributed by atoms with Gasteiger partial charge < -0.3 is 16.0 Å². The third kappa shape index (κ3) is 4.37. The second kappa shape index (κ2) is 7.00. The number of carbonyl (C=O) groups is 1. The topological polar surface area (TPSA) is 87.0 Å². The van der Waals surface area contributed by atoms with Crippen molar-refractivity contribution in [2.24, 2.45) is 0 Å². The Bertz CT molecular complexity index is 374. The first-order chi connectivity index (χ1) is 8.52. The van der Waals surface area contributed by atoms with Gasteiger partial charge in [0, 0.05) is 12.6 Å². The van der Waals surface area contributed by atoms with E-state index in [1.54, 1.807) is 0 Å². The van der Waals surface area contributed by atoms with Crippen LogP contribution in [0.2, 0.25) is 0 Å². The Balaban J connectivity index is 2.15. The summed E-state index contributed by atoms with van der Waals surface area (Å²) >= 11 is 0. The van der Waals surface area contributed by atoms with Crippen LogP contribution in [0.25, 0.3) is 0 Å². The Morgan fingerprint density at radius 1 is 1.56 bits per heavy atom. The molecule has 0 aliphatic heterocycles. The van der Waals surface area contributed by atoms with Crippen LogP contribution in [0.3, 0.4) is 0 Å². The lowest BCUT2D eigenvalue weighted by Gasteiger charge is -2.20. The molecular formula is C12H23N5O. The van der Waals surface area contributed by atoms with Gasteiger partial charge in [0.15, 0.2) is 0 Å². The van der Waals surface area contributed by atoms with Crippen molar-refractivity contribution < 1.29 is 4.79 Å². The molecule has 6 nitrogen and oxygen atoms in total. The maximum Gasteiger partial charge on any atom is 0.271 e. The highest BCUT2D eigenvalue weighted by Crippen LogP contribution is 2.05. The van der Waals surface area contributed by atoms with Crippen LogP contribution in [0.1, 0.15) is 37.2 Å². The third-order valence-corrected chi connectivity index (χ3v) is 3.00. The number of nitrogens with two attached hydrogens (primary N) is 1. The van der Waals surface area contributed by atoms with E-state index in [9.17, 15) is 4.79 Å². The van der Waals surface area contributed by atoms with Crippen molar-refractivity contribution in [1.82, 2.24) is 20.4 Å². The fourth-order valence-corrected chi connectivity index (χ4v) is 1.51. The van der Waals surface area contributed by atoms with Crippen LogP contribution in [-0.4, -0.2) is 47.2 Å². The molecule has 18 heavy (non-hydrogen) atoms. The maximum absolute atomic E-state index is 11.7. The summed E-state index contributed by atoms with van der Waals surface area (Å²) in [5, 5.41) is 9.12. The van der Waals surface area contributed by atoms with Crippen molar-refractivity contribution in [3.8, 4) is 0 Å². The third-order valence-electron chi connectivity index (χ3n) is 3.00. The number of anilines is 1. The van der Waals surface area contributed by atoms with E-state index in [0.717, 1.165) is 19.4 Å². The molecule has 1 aromatic heterocycles. The summed E-state index contributed by atoms with van der Waals surface area (Å²) in [7, 11) is 2.11. The molecule has 1 heterocycles. The number of H-pyrrole nitrogens is 1. The molecule has 0 saturated heterocycles. The predicted molar refractivity (Wildman–Crippen MR) is 72.3 cm³/mol. The van der Waals surface area contributed by atoms with Gasteiger partial charge in [0.1, 0.15) is 5.69 Å². The van der Waals surface area contributed by atoms with Crippen molar-refractivity contribution >= 4 is 11.6 Å². The Morgan fingerprint density at radius 2 is 2.28 bits per heavy atom. The highest BCUT2D eigenvalue weighted by Gasteiger charge is 2.10. The number of aromatic amines is 1. The van der Waals surface area contributed by atoms with Crippen LogP contribution >= 0.6 is 0 Å². The van der Waals surface area contributed by atoms with Gasteiger partial charge in [0.05, 0.1) is 11.9 Å². The van der Waals surface area contributed by atoms with Crippen LogP contribution in [0, 0.1) is 0 Å². The van der Waals surface area contributed by atoms with Crippen LogP contribution in [0.5, 0.6) is 0 Å². The first-order valence-electron chi connectivity index (χ1n) is 6.29. The van der Waals surface area contributed by atoms with E-state index < -0.39 is 0 Å². The number of carbonyl (C=O) groups excluding carboxylic acids is 1. The molecule has 102 valence electrons. The lowest BCUT2D eigenvalue weighted by molar-refractivity contribution is 0.0948. The number of hydrogen-bond donors (Lipinski definition) is 3. The molecule has 0 spiro atoms. The summed E-state index contributed by atoms with van der Waals surface area (Å²) < 4.78 is 0. The molecular weight excluding hydrogens is 230 g/mol. The largest absolute Gasteiger partial charge is 0.396 e. The van der Waals surface area contributed by atoms with Crippen molar-refractivity contribution in [2.75, 3.05) is 25.9 Å². The summed E-state index contributed by atoms with van der Waals surface area (Å²) in [5.74, 6) is -0.192. The first-order valence-corrected chi connectivity index (χ1v) is 6.29. The molecule has 1 amide bonds. The van der Waals surface area contributed by atoms with E-state index in [1.165, 1.54) is 6.20 Å². The fourth-order valence-electron chi connectivity index (χ4n) is 1.51. The number of unbranched alkanes of at least 4 members (excludes halogenated alkanes) is 1. The number of nitrogen functional groups attached to an aromatic ring is 1. The minimum Gasteiger partial charge on any atom is -0.396 e. The Morgan fingerprint density at radius 3 is 2.83 bits per heavy atom. The van der Waals surface area contributed by atoms with Gasteiger partial charge in [-0.15, -0.1) is 0 Å². The van der Waals surface area contributed by atoms with Crippen molar-refractivity contribution in [1.29, 1.82) is 0 Å². The molecule has 1 rings (SSSR count). The highest BCUT2D eigenvalue weighted by atomic mass is 16.1. The lowest BCUT2D eigenvalue weighted by Crippen LogP contribution is -2.29. The average molecular weight is 253 g/mol. The summed E-state index contributed by atoms with van der Waals surface area (Å²) in [6.45, 7) is 6.04. The molecule has 0 saturated carbocycles. The highest BCUT2D eigenvalue weighted by molar-refractivity contribution is 5.96. The van der Waals surface area contributed by atoms with Gasteiger partial charge >= 0.3 is 0 Å². The molecule has 0 radical (unpaired) electrons. The second-order valence-corrected chi connectivity index (χ2v) is 4.74. The standard InChI is InChI=1S/C12H23N5O/c1-9(2)17(3)7-5-4-6-14-12(18)11-10(13)8-15-16-11/h8-9H,4-7,13H2,1-3H3,(H,14,18)(H,15,16).